The van der Waals surface area contributed by atoms with Crippen LogP contribution in [0.25, 0.3) is 5.52 Å². The minimum absolute atomic E-state index is 0.00194. The molecule has 2 heterocycles. The molecule has 0 spiro atoms. The van der Waals surface area contributed by atoms with Crippen LogP contribution in [0.3, 0.4) is 0 Å². The Bertz CT molecular complexity index is 935. The number of aromatic hydroxyl groups is 1. The maximum Gasteiger partial charge on any atom is 0.338 e. The number of pyridine rings is 1. The first-order valence-corrected chi connectivity index (χ1v) is 7.05. The van der Waals surface area contributed by atoms with Gasteiger partial charge in [0, 0.05) is 18.0 Å². The van der Waals surface area contributed by atoms with Gasteiger partial charge in [-0.05, 0) is 36.8 Å². The zero-order valence-corrected chi connectivity index (χ0v) is 12.5. The van der Waals surface area contributed by atoms with Gasteiger partial charge in [0.25, 0.3) is 0 Å². The van der Waals surface area contributed by atoms with Crippen LogP contribution in [-0.2, 0) is 11.3 Å². The fraction of sp³-hybridized carbons (Fsp3) is 0.111. The number of carbonyl (C=O) groups excluding carboxylic acids is 1. The van der Waals surface area contributed by atoms with Gasteiger partial charge in [0.15, 0.2) is 0 Å². The second-order valence-electron chi connectivity index (χ2n) is 5.21. The molecule has 0 fully saturated rings. The highest BCUT2D eigenvalue weighted by Gasteiger charge is 2.14. The largest absolute Gasteiger partial charge is 0.508 e. The summed E-state index contributed by atoms with van der Waals surface area (Å²) in [5.74, 6) is -0.494. The normalized spacial score (nSPS) is 10.4. The SMILES string of the molecule is Cc1ccc(C(=O)OCc2cn3ccccc3c2C#N)cc1O. The Hall–Kier alpha value is -3.26. The third kappa shape index (κ3) is 2.74. The highest BCUT2D eigenvalue weighted by atomic mass is 16.5. The van der Waals surface area contributed by atoms with Crippen molar-refractivity contribution in [2.45, 2.75) is 13.5 Å². The Morgan fingerprint density at radius 1 is 1.35 bits per heavy atom. The molecule has 5 nitrogen and oxygen atoms in total. The van der Waals surface area contributed by atoms with Crippen LogP contribution in [0.1, 0.15) is 27.0 Å². The van der Waals surface area contributed by atoms with Gasteiger partial charge in [-0.3, -0.25) is 0 Å². The summed E-state index contributed by atoms with van der Waals surface area (Å²) in [6.07, 6.45) is 3.60. The van der Waals surface area contributed by atoms with E-state index in [4.69, 9.17) is 4.74 Å². The van der Waals surface area contributed by atoms with E-state index in [9.17, 15) is 15.2 Å². The van der Waals surface area contributed by atoms with Crippen LogP contribution in [0, 0.1) is 18.3 Å². The number of phenols is 1. The molecule has 0 aliphatic heterocycles. The molecule has 0 saturated heterocycles. The lowest BCUT2D eigenvalue weighted by Gasteiger charge is -2.05. The molecule has 0 atom stereocenters. The Morgan fingerprint density at radius 3 is 2.91 bits per heavy atom. The van der Waals surface area contributed by atoms with E-state index in [0.29, 0.717) is 16.7 Å². The van der Waals surface area contributed by atoms with Crippen molar-refractivity contribution in [1.29, 1.82) is 5.26 Å². The summed E-state index contributed by atoms with van der Waals surface area (Å²) >= 11 is 0. The van der Waals surface area contributed by atoms with Crippen LogP contribution in [0.4, 0.5) is 0 Å². The molecular weight excluding hydrogens is 292 g/mol. The minimum Gasteiger partial charge on any atom is -0.508 e. The number of fused-ring (bicyclic) bond motifs is 1. The predicted octanol–water partition coefficient (Wildman–Crippen LogP) is 3.18. The van der Waals surface area contributed by atoms with Crippen LogP contribution in [0.5, 0.6) is 5.75 Å². The van der Waals surface area contributed by atoms with Gasteiger partial charge in [0.1, 0.15) is 18.4 Å². The average molecular weight is 306 g/mol. The summed E-state index contributed by atoms with van der Waals surface area (Å²) in [4.78, 5) is 12.1. The van der Waals surface area contributed by atoms with E-state index in [2.05, 4.69) is 6.07 Å². The van der Waals surface area contributed by atoms with E-state index in [0.717, 1.165) is 5.52 Å². The van der Waals surface area contributed by atoms with E-state index in [1.807, 2.05) is 28.8 Å². The summed E-state index contributed by atoms with van der Waals surface area (Å²) in [6, 6.07) is 12.3. The number of aromatic nitrogens is 1. The molecule has 3 rings (SSSR count). The van der Waals surface area contributed by atoms with Gasteiger partial charge in [-0.2, -0.15) is 5.26 Å². The Balaban J connectivity index is 1.82. The van der Waals surface area contributed by atoms with Gasteiger partial charge in [0.05, 0.1) is 16.6 Å². The van der Waals surface area contributed by atoms with Crippen LogP contribution in [0.2, 0.25) is 0 Å². The topological polar surface area (TPSA) is 74.7 Å². The smallest absolute Gasteiger partial charge is 0.338 e. The molecule has 3 aromatic rings. The first-order valence-electron chi connectivity index (χ1n) is 7.05. The van der Waals surface area contributed by atoms with E-state index in [1.54, 1.807) is 25.3 Å². The maximum absolute atomic E-state index is 12.1. The zero-order valence-electron chi connectivity index (χ0n) is 12.5. The fourth-order valence-electron chi connectivity index (χ4n) is 2.38. The van der Waals surface area contributed by atoms with Crippen molar-refractivity contribution in [1.82, 2.24) is 4.40 Å². The molecule has 114 valence electrons. The van der Waals surface area contributed by atoms with Gasteiger partial charge in [-0.1, -0.05) is 12.1 Å². The van der Waals surface area contributed by atoms with Crippen molar-refractivity contribution < 1.29 is 14.6 Å². The molecule has 0 bridgehead atoms. The lowest BCUT2D eigenvalue weighted by molar-refractivity contribution is 0.0472. The van der Waals surface area contributed by atoms with Crippen molar-refractivity contribution in [2.75, 3.05) is 0 Å². The number of nitrogens with zero attached hydrogens (tertiary/aromatic N) is 2. The minimum atomic E-state index is -0.542. The van der Waals surface area contributed by atoms with Crippen molar-refractivity contribution in [3.8, 4) is 11.8 Å². The van der Waals surface area contributed by atoms with Gasteiger partial charge in [0.2, 0.25) is 0 Å². The van der Waals surface area contributed by atoms with Gasteiger partial charge >= 0.3 is 5.97 Å². The maximum atomic E-state index is 12.1. The number of benzene rings is 1. The molecule has 5 heteroatoms. The Morgan fingerprint density at radius 2 is 2.17 bits per heavy atom. The van der Waals surface area contributed by atoms with Crippen LogP contribution in [-0.4, -0.2) is 15.5 Å². The molecule has 0 amide bonds. The Labute approximate surface area is 133 Å². The number of hydrogen-bond acceptors (Lipinski definition) is 4. The molecule has 0 aliphatic carbocycles. The zero-order chi connectivity index (χ0) is 16.4. The summed E-state index contributed by atoms with van der Waals surface area (Å²) in [5.41, 5.74) is 2.87. The summed E-state index contributed by atoms with van der Waals surface area (Å²) in [6.45, 7) is 1.74. The molecular formula is C18H14N2O3. The van der Waals surface area contributed by atoms with E-state index < -0.39 is 5.97 Å². The molecule has 0 aliphatic rings. The lowest BCUT2D eigenvalue weighted by atomic mass is 10.1. The van der Waals surface area contributed by atoms with Crippen molar-refractivity contribution >= 4 is 11.5 Å². The van der Waals surface area contributed by atoms with E-state index in [1.165, 1.54) is 6.07 Å². The van der Waals surface area contributed by atoms with Crippen molar-refractivity contribution in [2.24, 2.45) is 0 Å². The molecule has 2 aromatic heterocycles. The quantitative estimate of drug-likeness (QED) is 0.754. The second-order valence-corrected chi connectivity index (χ2v) is 5.21. The summed E-state index contributed by atoms with van der Waals surface area (Å²) in [7, 11) is 0. The fourth-order valence-corrected chi connectivity index (χ4v) is 2.38. The molecule has 1 aromatic carbocycles. The lowest BCUT2D eigenvalue weighted by Crippen LogP contribution is -2.05. The summed E-state index contributed by atoms with van der Waals surface area (Å²) in [5, 5.41) is 19.0. The van der Waals surface area contributed by atoms with Crippen LogP contribution < -0.4 is 0 Å². The average Bonchev–Trinajstić information content (AvgIpc) is 2.92. The number of aryl methyl sites for hydroxylation is 1. The van der Waals surface area contributed by atoms with Gasteiger partial charge < -0.3 is 14.2 Å². The van der Waals surface area contributed by atoms with Gasteiger partial charge in [-0.25, -0.2) is 4.79 Å². The molecule has 0 saturated carbocycles. The molecule has 0 radical (unpaired) electrons. The van der Waals surface area contributed by atoms with E-state index in [-0.39, 0.29) is 17.9 Å². The number of phenolic OH excluding ortho intramolecular Hbond substituents is 1. The molecule has 0 unspecified atom stereocenters. The van der Waals surface area contributed by atoms with Crippen molar-refractivity contribution in [3.05, 3.63) is 71.0 Å². The highest BCUT2D eigenvalue weighted by molar-refractivity contribution is 5.90. The van der Waals surface area contributed by atoms with Crippen molar-refractivity contribution in [3.63, 3.8) is 0 Å². The van der Waals surface area contributed by atoms with E-state index >= 15 is 0 Å². The number of nitriles is 1. The first kappa shape index (κ1) is 14.7. The summed E-state index contributed by atoms with van der Waals surface area (Å²) < 4.78 is 7.09. The Kier molecular flexibility index (Phi) is 3.73. The third-order valence-electron chi connectivity index (χ3n) is 3.68. The number of ether oxygens (including phenoxy) is 1. The monoisotopic (exact) mass is 306 g/mol. The van der Waals surface area contributed by atoms with Crippen LogP contribution in [0.15, 0.2) is 48.8 Å². The van der Waals surface area contributed by atoms with Crippen LogP contribution >= 0.6 is 0 Å². The third-order valence-corrected chi connectivity index (χ3v) is 3.68. The second kappa shape index (κ2) is 5.85. The highest BCUT2D eigenvalue weighted by Crippen LogP contribution is 2.21. The molecule has 23 heavy (non-hydrogen) atoms. The first-order chi connectivity index (χ1) is 11.1. The predicted molar refractivity (Wildman–Crippen MR) is 84.1 cm³/mol. The number of hydrogen-bond donors (Lipinski definition) is 1. The number of carbonyl (C=O) groups is 1. The number of esters is 1. The number of rotatable bonds is 3. The molecule has 1 N–H and O–H groups in total. The van der Waals surface area contributed by atoms with Gasteiger partial charge in [-0.15, -0.1) is 0 Å². The standard InChI is InChI=1S/C18H14N2O3/c1-12-5-6-13(8-17(12)21)18(22)23-11-14-10-20-7-3-2-4-16(20)15(14)9-19/h2-8,10,21H,11H2,1H3.